The number of likely N-dealkylation sites (N-methyl/N-ethyl adjacent to an activating group) is 1. The van der Waals surface area contributed by atoms with Crippen molar-refractivity contribution in [2.45, 2.75) is 24.4 Å². The van der Waals surface area contributed by atoms with Crippen LogP contribution in [-0.4, -0.2) is 29.7 Å². The average molecular weight is 265 g/mol. The Morgan fingerprint density at radius 2 is 1.65 bits per heavy atom. The van der Waals surface area contributed by atoms with Crippen molar-refractivity contribution in [3.05, 3.63) is 70.8 Å². The highest BCUT2D eigenvalue weighted by Gasteiger charge is 2.42. The van der Waals surface area contributed by atoms with Crippen LogP contribution >= 0.6 is 0 Å². The minimum Gasteiger partial charge on any atom is -0.395 e. The molecule has 102 valence electrons. The highest BCUT2D eigenvalue weighted by Crippen LogP contribution is 2.48. The van der Waals surface area contributed by atoms with E-state index < -0.39 is 0 Å². The molecule has 2 aliphatic heterocycles. The Kier molecular flexibility index (Phi) is 2.69. The molecule has 20 heavy (non-hydrogen) atoms. The molecule has 2 nitrogen and oxygen atoms in total. The van der Waals surface area contributed by atoms with Crippen LogP contribution in [0, 0.1) is 0 Å². The molecule has 2 aromatic rings. The molecule has 2 bridgehead atoms. The standard InChI is InChI=1S/C18H19NO/c1-19-16-10-12-6-2-3-7-13(12)18(17(19)11-20)15-9-5-4-8-14(15)16/h2-9,16-18,20H,10-11H2,1H3/t16-,17-,18+/m0/s1. The van der Waals surface area contributed by atoms with Crippen LogP contribution in [0.4, 0.5) is 0 Å². The van der Waals surface area contributed by atoms with Gasteiger partial charge in [-0.25, -0.2) is 0 Å². The monoisotopic (exact) mass is 265 g/mol. The number of rotatable bonds is 1. The predicted molar refractivity (Wildman–Crippen MR) is 79.8 cm³/mol. The van der Waals surface area contributed by atoms with Gasteiger partial charge in [0.25, 0.3) is 0 Å². The molecule has 0 spiro atoms. The van der Waals surface area contributed by atoms with E-state index in [9.17, 15) is 5.11 Å². The average Bonchev–Trinajstić information content (AvgIpc) is 2.71. The van der Waals surface area contributed by atoms with Crippen molar-refractivity contribution >= 4 is 0 Å². The van der Waals surface area contributed by atoms with Gasteiger partial charge in [0.1, 0.15) is 0 Å². The molecule has 1 aliphatic carbocycles. The zero-order chi connectivity index (χ0) is 13.7. The molecule has 2 heteroatoms. The summed E-state index contributed by atoms with van der Waals surface area (Å²) in [4.78, 5) is 2.37. The maximum Gasteiger partial charge on any atom is 0.0596 e. The number of fused-ring (bicyclic) bond motifs is 1. The fourth-order valence-electron chi connectivity index (χ4n) is 4.09. The first-order chi connectivity index (χ1) is 9.81. The van der Waals surface area contributed by atoms with Crippen LogP contribution in [0.5, 0.6) is 0 Å². The van der Waals surface area contributed by atoms with Gasteiger partial charge < -0.3 is 5.11 Å². The lowest BCUT2D eigenvalue weighted by Crippen LogP contribution is -2.45. The van der Waals surface area contributed by atoms with E-state index >= 15 is 0 Å². The van der Waals surface area contributed by atoms with Gasteiger partial charge in [-0.15, -0.1) is 0 Å². The van der Waals surface area contributed by atoms with E-state index in [1.54, 1.807) is 0 Å². The van der Waals surface area contributed by atoms with E-state index in [0.29, 0.717) is 6.04 Å². The van der Waals surface area contributed by atoms with E-state index in [1.807, 2.05) is 0 Å². The van der Waals surface area contributed by atoms with Crippen LogP contribution in [0.25, 0.3) is 0 Å². The minimum atomic E-state index is 0.179. The number of aliphatic hydroxyl groups excluding tert-OH is 1. The third-order valence-corrected chi connectivity index (χ3v) is 5.08. The fraction of sp³-hybridized carbons (Fsp3) is 0.333. The van der Waals surface area contributed by atoms with Crippen LogP contribution in [0.1, 0.15) is 34.2 Å². The van der Waals surface area contributed by atoms with Gasteiger partial charge in [-0.3, -0.25) is 4.90 Å². The van der Waals surface area contributed by atoms with Crippen LogP contribution in [0.2, 0.25) is 0 Å². The molecule has 0 unspecified atom stereocenters. The van der Waals surface area contributed by atoms with Gasteiger partial charge in [-0.1, -0.05) is 48.5 Å². The maximum absolute atomic E-state index is 9.92. The third-order valence-electron chi connectivity index (χ3n) is 5.08. The summed E-state index contributed by atoms with van der Waals surface area (Å²) in [6.07, 6.45) is 1.04. The zero-order valence-corrected chi connectivity index (χ0v) is 11.7. The van der Waals surface area contributed by atoms with E-state index in [-0.39, 0.29) is 18.6 Å². The Labute approximate surface area is 119 Å². The smallest absolute Gasteiger partial charge is 0.0596 e. The van der Waals surface area contributed by atoms with Crippen molar-refractivity contribution in [1.29, 1.82) is 0 Å². The topological polar surface area (TPSA) is 23.5 Å². The second kappa shape index (κ2) is 4.44. The van der Waals surface area contributed by atoms with Crippen molar-refractivity contribution in [3.63, 3.8) is 0 Å². The Morgan fingerprint density at radius 3 is 2.40 bits per heavy atom. The molecule has 3 atom stereocenters. The molecule has 0 saturated heterocycles. The van der Waals surface area contributed by atoms with Gasteiger partial charge in [0, 0.05) is 18.0 Å². The first kappa shape index (κ1) is 12.1. The fourth-order valence-corrected chi connectivity index (χ4v) is 4.09. The quantitative estimate of drug-likeness (QED) is 0.857. The molecule has 0 amide bonds. The molecule has 0 fully saturated rings. The summed E-state index contributed by atoms with van der Waals surface area (Å²) >= 11 is 0. The van der Waals surface area contributed by atoms with Gasteiger partial charge in [0.2, 0.25) is 0 Å². The Balaban J connectivity index is 2.02. The summed E-state index contributed by atoms with van der Waals surface area (Å²) in [6, 6.07) is 18.0. The summed E-state index contributed by atoms with van der Waals surface area (Å²) in [5.41, 5.74) is 5.66. The van der Waals surface area contributed by atoms with Crippen molar-refractivity contribution in [1.82, 2.24) is 4.90 Å². The highest BCUT2D eigenvalue weighted by atomic mass is 16.3. The molecule has 0 saturated carbocycles. The third kappa shape index (κ3) is 1.52. The normalized spacial score (nSPS) is 27.8. The lowest BCUT2D eigenvalue weighted by molar-refractivity contribution is 0.0901. The second-order valence-corrected chi connectivity index (χ2v) is 5.94. The summed E-state index contributed by atoms with van der Waals surface area (Å²) in [7, 11) is 2.15. The summed E-state index contributed by atoms with van der Waals surface area (Å²) in [6.45, 7) is 0.209. The summed E-state index contributed by atoms with van der Waals surface area (Å²) < 4.78 is 0. The Morgan fingerprint density at radius 1 is 1.00 bits per heavy atom. The van der Waals surface area contributed by atoms with Gasteiger partial charge in [-0.05, 0) is 35.7 Å². The van der Waals surface area contributed by atoms with Crippen molar-refractivity contribution in [3.8, 4) is 0 Å². The molecule has 1 N–H and O–H groups in total. The Bertz CT molecular complexity index is 651. The number of benzene rings is 2. The van der Waals surface area contributed by atoms with E-state index in [2.05, 4.69) is 60.5 Å². The van der Waals surface area contributed by atoms with E-state index in [4.69, 9.17) is 0 Å². The van der Waals surface area contributed by atoms with E-state index in [1.165, 1.54) is 22.3 Å². The van der Waals surface area contributed by atoms with Gasteiger partial charge in [-0.2, -0.15) is 0 Å². The molecule has 0 radical (unpaired) electrons. The van der Waals surface area contributed by atoms with Crippen LogP contribution in [-0.2, 0) is 6.42 Å². The predicted octanol–water partition coefficient (Wildman–Crippen LogP) is 2.72. The number of aliphatic hydroxyl groups is 1. The lowest BCUT2D eigenvalue weighted by atomic mass is 9.79. The first-order valence-electron chi connectivity index (χ1n) is 7.30. The van der Waals surface area contributed by atoms with Crippen LogP contribution in [0.15, 0.2) is 48.5 Å². The number of hydrogen-bond acceptors (Lipinski definition) is 2. The highest BCUT2D eigenvalue weighted by molar-refractivity contribution is 5.50. The van der Waals surface area contributed by atoms with Crippen LogP contribution in [0.3, 0.4) is 0 Å². The van der Waals surface area contributed by atoms with Crippen molar-refractivity contribution in [2.24, 2.45) is 0 Å². The molecular weight excluding hydrogens is 246 g/mol. The Hall–Kier alpha value is -1.64. The largest absolute Gasteiger partial charge is 0.395 e. The molecular formula is C18H19NO. The first-order valence-corrected chi connectivity index (χ1v) is 7.30. The number of hydrogen-bond donors (Lipinski definition) is 1. The SMILES string of the molecule is CN1[C@H]2Cc3ccccc3[C@H](c3ccccc32)[C@@H]1CO. The molecule has 2 heterocycles. The lowest BCUT2D eigenvalue weighted by Gasteiger charge is -2.42. The molecule has 5 rings (SSSR count). The second-order valence-electron chi connectivity index (χ2n) is 5.94. The van der Waals surface area contributed by atoms with Crippen molar-refractivity contribution < 1.29 is 5.11 Å². The summed E-state index contributed by atoms with van der Waals surface area (Å²) in [5.74, 6) is 0.288. The summed E-state index contributed by atoms with van der Waals surface area (Å²) in [5, 5.41) is 9.92. The van der Waals surface area contributed by atoms with Gasteiger partial charge in [0.15, 0.2) is 0 Å². The van der Waals surface area contributed by atoms with Gasteiger partial charge in [0.05, 0.1) is 6.61 Å². The van der Waals surface area contributed by atoms with Gasteiger partial charge >= 0.3 is 0 Å². The van der Waals surface area contributed by atoms with Crippen molar-refractivity contribution in [2.75, 3.05) is 13.7 Å². The molecule has 2 aromatic carbocycles. The van der Waals surface area contributed by atoms with Crippen LogP contribution < -0.4 is 0 Å². The number of nitrogens with zero attached hydrogens (tertiary/aromatic N) is 1. The zero-order valence-electron chi connectivity index (χ0n) is 11.7. The van der Waals surface area contributed by atoms with E-state index in [0.717, 1.165) is 6.42 Å². The molecule has 3 aliphatic rings. The molecule has 0 aromatic heterocycles. The minimum absolute atomic E-state index is 0.179. The maximum atomic E-state index is 9.92.